The predicted octanol–water partition coefficient (Wildman–Crippen LogP) is 4.17. The highest BCUT2D eigenvalue weighted by molar-refractivity contribution is 6.31. The Bertz CT molecular complexity index is 442. The standard InChI is InChI=1S/C16H24ClNO2/c1-11(2)20-16-9-14(17)12(8-15(16)19-3)10-18-13-6-4-5-7-13/h8-9,11,13,18H,4-7,10H2,1-3H3. The molecule has 1 aromatic carbocycles. The van der Waals surface area contributed by atoms with Gasteiger partial charge in [-0.15, -0.1) is 0 Å². The van der Waals surface area contributed by atoms with Gasteiger partial charge < -0.3 is 14.8 Å². The highest BCUT2D eigenvalue weighted by atomic mass is 35.5. The first-order chi connectivity index (χ1) is 9.60. The largest absolute Gasteiger partial charge is 0.493 e. The Kier molecular flexibility index (Phi) is 5.55. The Hall–Kier alpha value is -0.930. The molecule has 1 saturated carbocycles. The number of methoxy groups -OCH3 is 1. The Morgan fingerprint density at radius 2 is 1.95 bits per heavy atom. The van der Waals surface area contributed by atoms with Crippen molar-refractivity contribution in [1.29, 1.82) is 0 Å². The topological polar surface area (TPSA) is 30.5 Å². The minimum atomic E-state index is 0.0995. The van der Waals surface area contributed by atoms with Gasteiger partial charge in [-0.1, -0.05) is 24.4 Å². The highest BCUT2D eigenvalue weighted by Gasteiger charge is 2.16. The van der Waals surface area contributed by atoms with Crippen LogP contribution >= 0.6 is 11.6 Å². The third-order valence-electron chi connectivity index (χ3n) is 3.63. The van der Waals surface area contributed by atoms with E-state index in [4.69, 9.17) is 21.1 Å². The van der Waals surface area contributed by atoms with Gasteiger partial charge in [-0.25, -0.2) is 0 Å². The maximum absolute atomic E-state index is 6.35. The van der Waals surface area contributed by atoms with E-state index in [1.165, 1.54) is 25.7 Å². The maximum Gasteiger partial charge on any atom is 0.163 e. The Morgan fingerprint density at radius 3 is 2.55 bits per heavy atom. The molecule has 1 aromatic rings. The van der Waals surface area contributed by atoms with Gasteiger partial charge in [-0.2, -0.15) is 0 Å². The molecule has 4 heteroatoms. The van der Waals surface area contributed by atoms with Gasteiger partial charge in [-0.05, 0) is 38.3 Å². The van der Waals surface area contributed by atoms with Crippen LogP contribution in [0.4, 0.5) is 0 Å². The van der Waals surface area contributed by atoms with Gasteiger partial charge in [0.2, 0.25) is 0 Å². The van der Waals surface area contributed by atoms with E-state index in [0.29, 0.717) is 11.8 Å². The summed E-state index contributed by atoms with van der Waals surface area (Å²) in [5.74, 6) is 1.45. The molecule has 0 amide bonds. The van der Waals surface area contributed by atoms with Crippen molar-refractivity contribution in [2.75, 3.05) is 7.11 Å². The number of hydrogen-bond donors (Lipinski definition) is 1. The maximum atomic E-state index is 6.35. The molecule has 1 N–H and O–H groups in total. The fourth-order valence-corrected chi connectivity index (χ4v) is 2.82. The molecule has 0 saturated heterocycles. The molecular weight excluding hydrogens is 274 g/mol. The van der Waals surface area contributed by atoms with E-state index in [0.717, 1.165) is 22.9 Å². The third-order valence-corrected chi connectivity index (χ3v) is 3.98. The van der Waals surface area contributed by atoms with Crippen LogP contribution in [0.2, 0.25) is 5.02 Å². The quantitative estimate of drug-likeness (QED) is 0.855. The first-order valence-corrected chi connectivity index (χ1v) is 7.74. The number of ether oxygens (including phenoxy) is 2. The van der Waals surface area contributed by atoms with Crippen LogP contribution in [-0.4, -0.2) is 19.3 Å². The summed E-state index contributed by atoms with van der Waals surface area (Å²) in [4.78, 5) is 0. The molecule has 0 unspecified atom stereocenters. The summed E-state index contributed by atoms with van der Waals surface area (Å²) >= 11 is 6.35. The molecule has 112 valence electrons. The second kappa shape index (κ2) is 7.19. The van der Waals surface area contributed by atoms with Crippen molar-refractivity contribution >= 4 is 11.6 Å². The molecule has 0 atom stereocenters. The van der Waals surface area contributed by atoms with Gasteiger partial charge in [0.15, 0.2) is 11.5 Å². The second-order valence-corrected chi connectivity index (χ2v) is 6.03. The summed E-state index contributed by atoms with van der Waals surface area (Å²) in [5.41, 5.74) is 1.06. The lowest BCUT2D eigenvalue weighted by atomic mass is 10.1. The molecule has 0 heterocycles. The summed E-state index contributed by atoms with van der Waals surface area (Å²) in [6.07, 6.45) is 5.29. The number of halogens is 1. The minimum Gasteiger partial charge on any atom is -0.493 e. The smallest absolute Gasteiger partial charge is 0.163 e. The average molecular weight is 298 g/mol. The minimum absolute atomic E-state index is 0.0995. The van der Waals surface area contributed by atoms with Crippen molar-refractivity contribution in [3.8, 4) is 11.5 Å². The third kappa shape index (κ3) is 4.03. The summed E-state index contributed by atoms with van der Waals surface area (Å²) in [6, 6.07) is 4.46. The van der Waals surface area contributed by atoms with Gasteiger partial charge in [0.25, 0.3) is 0 Å². The molecule has 0 aliphatic heterocycles. The molecule has 0 bridgehead atoms. The summed E-state index contributed by atoms with van der Waals surface area (Å²) in [6.45, 7) is 4.76. The zero-order chi connectivity index (χ0) is 14.5. The van der Waals surface area contributed by atoms with E-state index in [-0.39, 0.29) is 6.10 Å². The predicted molar refractivity (Wildman–Crippen MR) is 82.9 cm³/mol. The van der Waals surface area contributed by atoms with Crippen molar-refractivity contribution in [3.63, 3.8) is 0 Å². The van der Waals surface area contributed by atoms with Gasteiger partial charge >= 0.3 is 0 Å². The van der Waals surface area contributed by atoms with Crippen LogP contribution in [-0.2, 0) is 6.54 Å². The van der Waals surface area contributed by atoms with E-state index >= 15 is 0 Å². The molecule has 0 aromatic heterocycles. The lowest BCUT2D eigenvalue weighted by Gasteiger charge is -2.17. The zero-order valence-electron chi connectivity index (χ0n) is 12.5. The number of hydrogen-bond acceptors (Lipinski definition) is 3. The number of rotatable bonds is 6. The molecule has 20 heavy (non-hydrogen) atoms. The van der Waals surface area contributed by atoms with E-state index < -0.39 is 0 Å². The fourth-order valence-electron chi connectivity index (χ4n) is 2.60. The summed E-state index contributed by atoms with van der Waals surface area (Å²) < 4.78 is 11.1. The second-order valence-electron chi connectivity index (χ2n) is 5.62. The molecular formula is C16H24ClNO2. The van der Waals surface area contributed by atoms with Gasteiger partial charge in [0.1, 0.15) is 0 Å². The van der Waals surface area contributed by atoms with Crippen molar-refractivity contribution < 1.29 is 9.47 Å². The van der Waals surface area contributed by atoms with Crippen molar-refractivity contribution in [1.82, 2.24) is 5.32 Å². The van der Waals surface area contributed by atoms with Crippen LogP contribution in [0.1, 0.15) is 45.1 Å². The van der Waals surface area contributed by atoms with Crippen LogP contribution in [0.3, 0.4) is 0 Å². The lowest BCUT2D eigenvalue weighted by Crippen LogP contribution is -2.25. The Morgan fingerprint density at radius 1 is 1.25 bits per heavy atom. The van der Waals surface area contributed by atoms with E-state index in [2.05, 4.69) is 5.32 Å². The number of benzene rings is 1. The van der Waals surface area contributed by atoms with Crippen molar-refractivity contribution in [2.24, 2.45) is 0 Å². The first-order valence-electron chi connectivity index (χ1n) is 7.36. The lowest BCUT2D eigenvalue weighted by molar-refractivity contribution is 0.230. The monoisotopic (exact) mass is 297 g/mol. The summed E-state index contributed by atoms with van der Waals surface area (Å²) in [7, 11) is 1.66. The highest BCUT2D eigenvalue weighted by Crippen LogP contribution is 2.34. The normalized spacial score (nSPS) is 15.8. The average Bonchev–Trinajstić information content (AvgIpc) is 2.90. The Balaban J connectivity index is 2.08. The molecule has 2 rings (SSSR count). The van der Waals surface area contributed by atoms with E-state index in [9.17, 15) is 0 Å². The van der Waals surface area contributed by atoms with Crippen molar-refractivity contribution in [2.45, 2.75) is 58.2 Å². The molecule has 1 aliphatic rings. The SMILES string of the molecule is COc1cc(CNC2CCCC2)c(Cl)cc1OC(C)C. The molecule has 0 spiro atoms. The zero-order valence-corrected chi connectivity index (χ0v) is 13.3. The first kappa shape index (κ1) is 15.5. The van der Waals surface area contributed by atoms with Gasteiger partial charge in [0.05, 0.1) is 13.2 Å². The van der Waals surface area contributed by atoms with Crippen LogP contribution in [0.15, 0.2) is 12.1 Å². The van der Waals surface area contributed by atoms with Crippen LogP contribution in [0.25, 0.3) is 0 Å². The van der Waals surface area contributed by atoms with Crippen molar-refractivity contribution in [3.05, 3.63) is 22.7 Å². The van der Waals surface area contributed by atoms with E-state index in [1.807, 2.05) is 26.0 Å². The van der Waals surface area contributed by atoms with E-state index in [1.54, 1.807) is 7.11 Å². The van der Waals surface area contributed by atoms with Crippen LogP contribution < -0.4 is 14.8 Å². The van der Waals surface area contributed by atoms with Gasteiger partial charge in [0, 0.05) is 23.7 Å². The Labute approximate surface area is 126 Å². The van der Waals surface area contributed by atoms with Crippen LogP contribution in [0.5, 0.6) is 11.5 Å². The molecule has 1 aliphatic carbocycles. The molecule has 1 fully saturated rings. The number of nitrogens with one attached hydrogen (secondary N) is 1. The molecule has 0 radical (unpaired) electrons. The molecule has 3 nitrogen and oxygen atoms in total. The van der Waals surface area contributed by atoms with Crippen LogP contribution in [0, 0.1) is 0 Å². The fraction of sp³-hybridized carbons (Fsp3) is 0.625. The summed E-state index contributed by atoms with van der Waals surface area (Å²) in [5, 5.41) is 4.30. The van der Waals surface area contributed by atoms with Gasteiger partial charge in [-0.3, -0.25) is 0 Å².